The maximum atomic E-state index is 5.79. The molecule has 0 fully saturated rings. The summed E-state index contributed by atoms with van der Waals surface area (Å²) in [4.78, 5) is 0. The first kappa shape index (κ1) is 18.1. The summed E-state index contributed by atoms with van der Waals surface area (Å²) in [7, 11) is 1.63. The molecular weight excluding hydrogens is 302 g/mol. The molecule has 0 saturated heterocycles. The molecule has 2 aromatic rings. The van der Waals surface area contributed by atoms with E-state index in [2.05, 4.69) is 32.9 Å². The minimum atomic E-state index is 0.145. The molecule has 0 aromatic heterocycles. The summed E-state index contributed by atoms with van der Waals surface area (Å²) in [5.41, 5.74) is 8.12. The van der Waals surface area contributed by atoms with Crippen LogP contribution < -0.4 is 19.9 Å². The number of rotatable bonds is 7. The number of methoxy groups -OCH3 is 1. The smallest absolute Gasteiger partial charge is 0.127 e. The van der Waals surface area contributed by atoms with Gasteiger partial charge in [-0.15, -0.1) is 0 Å². The Hall–Kier alpha value is -2.20. The first-order chi connectivity index (χ1) is 11.4. The highest BCUT2D eigenvalue weighted by Gasteiger charge is 2.13. The molecule has 130 valence electrons. The molecule has 0 amide bonds. The maximum Gasteiger partial charge on any atom is 0.127 e. The number of ether oxygens (including phenoxy) is 3. The summed E-state index contributed by atoms with van der Waals surface area (Å²) in [6, 6.07) is 13.8. The second-order valence-corrected chi connectivity index (χ2v) is 6.65. The zero-order valence-electron chi connectivity index (χ0n) is 15.0. The van der Waals surface area contributed by atoms with E-state index in [-0.39, 0.29) is 5.41 Å². The molecule has 0 heterocycles. The Labute approximate surface area is 144 Å². The van der Waals surface area contributed by atoms with Gasteiger partial charge in [-0.1, -0.05) is 39.0 Å². The molecule has 0 aliphatic heterocycles. The van der Waals surface area contributed by atoms with E-state index in [4.69, 9.17) is 19.9 Å². The largest absolute Gasteiger partial charge is 0.497 e. The van der Waals surface area contributed by atoms with E-state index < -0.39 is 0 Å². The van der Waals surface area contributed by atoms with Crippen LogP contribution in [0.3, 0.4) is 0 Å². The minimum absolute atomic E-state index is 0.145. The molecule has 2 N–H and O–H groups in total. The summed E-state index contributed by atoms with van der Waals surface area (Å²) in [5.74, 6) is 2.33. The number of nitrogens with two attached hydrogens (primary N) is 1. The van der Waals surface area contributed by atoms with Crippen LogP contribution in [0.1, 0.15) is 31.9 Å². The molecule has 0 bridgehead atoms. The molecule has 24 heavy (non-hydrogen) atoms. The molecule has 4 nitrogen and oxygen atoms in total. The van der Waals surface area contributed by atoms with Crippen LogP contribution in [0, 0.1) is 0 Å². The number of hydrogen-bond acceptors (Lipinski definition) is 4. The molecule has 0 unspecified atom stereocenters. The fourth-order valence-corrected chi connectivity index (χ4v) is 2.33. The highest BCUT2D eigenvalue weighted by molar-refractivity contribution is 5.40. The Balaban J connectivity index is 1.87. The highest BCUT2D eigenvalue weighted by Crippen LogP contribution is 2.25. The predicted molar refractivity (Wildman–Crippen MR) is 97.0 cm³/mol. The van der Waals surface area contributed by atoms with Gasteiger partial charge in [-0.3, -0.25) is 0 Å². The molecule has 0 aliphatic carbocycles. The average molecular weight is 329 g/mol. The Morgan fingerprint density at radius 2 is 1.50 bits per heavy atom. The quantitative estimate of drug-likeness (QED) is 0.783. The van der Waals surface area contributed by atoms with Gasteiger partial charge in [-0.25, -0.2) is 0 Å². The first-order valence-electron chi connectivity index (χ1n) is 8.17. The zero-order chi connectivity index (χ0) is 17.6. The number of hydrogen-bond donors (Lipinski definition) is 1. The fraction of sp³-hybridized carbons (Fsp3) is 0.400. The topological polar surface area (TPSA) is 53.7 Å². The Kier molecular flexibility index (Phi) is 6.10. The lowest BCUT2D eigenvalue weighted by atomic mass is 9.87. The van der Waals surface area contributed by atoms with Crippen LogP contribution in [0.25, 0.3) is 0 Å². The van der Waals surface area contributed by atoms with Gasteiger partial charge in [0.05, 0.1) is 7.11 Å². The van der Waals surface area contributed by atoms with Gasteiger partial charge in [0.1, 0.15) is 30.5 Å². The van der Waals surface area contributed by atoms with Gasteiger partial charge in [-0.05, 0) is 29.2 Å². The van der Waals surface area contributed by atoms with E-state index in [9.17, 15) is 0 Å². The molecule has 2 aromatic carbocycles. The van der Waals surface area contributed by atoms with E-state index >= 15 is 0 Å². The van der Waals surface area contributed by atoms with Gasteiger partial charge in [0.15, 0.2) is 0 Å². The lowest BCUT2D eigenvalue weighted by Gasteiger charge is -2.19. The van der Waals surface area contributed by atoms with Crippen molar-refractivity contribution in [2.24, 2.45) is 5.73 Å². The van der Waals surface area contributed by atoms with E-state index in [0.717, 1.165) is 22.8 Å². The second kappa shape index (κ2) is 8.06. The molecule has 0 spiro atoms. The van der Waals surface area contributed by atoms with Crippen LogP contribution in [-0.4, -0.2) is 20.3 Å². The van der Waals surface area contributed by atoms with Crippen LogP contribution in [0.4, 0.5) is 0 Å². The minimum Gasteiger partial charge on any atom is -0.497 e. The van der Waals surface area contributed by atoms with E-state index in [1.807, 2.05) is 30.3 Å². The molecular formula is C20H27NO3. The Morgan fingerprint density at radius 1 is 0.875 bits per heavy atom. The first-order valence-corrected chi connectivity index (χ1v) is 8.17. The zero-order valence-corrected chi connectivity index (χ0v) is 15.0. The normalized spacial score (nSPS) is 11.2. The van der Waals surface area contributed by atoms with E-state index in [0.29, 0.717) is 19.8 Å². The molecule has 0 atom stereocenters. The molecule has 2 rings (SSSR count). The van der Waals surface area contributed by atoms with Crippen molar-refractivity contribution in [2.45, 2.75) is 32.7 Å². The van der Waals surface area contributed by atoms with Crippen LogP contribution >= 0.6 is 0 Å². The fourth-order valence-electron chi connectivity index (χ4n) is 2.33. The van der Waals surface area contributed by atoms with Crippen molar-refractivity contribution in [1.29, 1.82) is 0 Å². The van der Waals surface area contributed by atoms with Gasteiger partial charge < -0.3 is 19.9 Å². The molecule has 0 aliphatic rings. The van der Waals surface area contributed by atoms with Crippen molar-refractivity contribution in [3.05, 3.63) is 53.6 Å². The van der Waals surface area contributed by atoms with Gasteiger partial charge in [-0.2, -0.15) is 0 Å². The highest BCUT2D eigenvalue weighted by atomic mass is 16.5. The van der Waals surface area contributed by atoms with Crippen LogP contribution in [0.15, 0.2) is 42.5 Å². The van der Waals surface area contributed by atoms with E-state index in [1.54, 1.807) is 7.11 Å². The third kappa shape index (κ3) is 4.90. The van der Waals surface area contributed by atoms with Crippen molar-refractivity contribution in [1.82, 2.24) is 0 Å². The SMILES string of the molecule is COc1ccc(CN)c(OCCOc2ccc(C(C)(C)C)cc2)c1. The van der Waals surface area contributed by atoms with Gasteiger partial charge >= 0.3 is 0 Å². The lowest BCUT2D eigenvalue weighted by molar-refractivity contribution is 0.215. The monoisotopic (exact) mass is 329 g/mol. The van der Waals surface area contributed by atoms with Crippen LogP contribution in [-0.2, 0) is 12.0 Å². The third-order valence-corrected chi connectivity index (χ3v) is 3.82. The molecule has 0 radical (unpaired) electrons. The summed E-state index contributed by atoms with van der Waals surface area (Å²) < 4.78 is 16.7. The van der Waals surface area contributed by atoms with Gasteiger partial charge in [0.2, 0.25) is 0 Å². The van der Waals surface area contributed by atoms with Crippen LogP contribution in [0.2, 0.25) is 0 Å². The summed E-state index contributed by atoms with van der Waals surface area (Å²) in [6.07, 6.45) is 0. The summed E-state index contributed by atoms with van der Waals surface area (Å²) in [5, 5.41) is 0. The Bertz CT molecular complexity index is 645. The average Bonchev–Trinajstić information content (AvgIpc) is 2.58. The van der Waals surface area contributed by atoms with Crippen molar-refractivity contribution in [3.8, 4) is 17.2 Å². The van der Waals surface area contributed by atoms with Crippen LogP contribution in [0.5, 0.6) is 17.2 Å². The van der Waals surface area contributed by atoms with E-state index in [1.165, 1.54) is 5.56 Å². The maximum absolute atomic E-state index is 5.79. The molecule has 0 saturated carbocycles. The molecule has 4 heteroatoms. The second-order valence-electron chi connectivity index (χ2n) is 6.65. The van der Waals surface area contributed by atoms with Gasteiger partial charge in [0.25, 0.3) is 0 Å². The third-order valence-electron chi connectivity index (χ3n) is 3.82. The lowest BCUT2D eigenvalue weighted by Crippen LogP contribution is -2.12. The Morgan fingerprint density at radius 3 is 2.08 bits per heavy atom. The standard InChI is InChI=1S/C20H27NO3/c1-20(2,3)16-6-9-17(10-7-16)23-11-12-24-19-13-18(22-4)8-5-15(19)14-21/h5-10,13H,11-12,14,21H2,1-4H3. The number of benzene rings is 2. The summed E-state index contributed by atoms with van der Waals surface area (Å²) >= 11 is 0. The van der Waals surface area contributed by atoms with Gasteiger partial charge in [0, 0.05) is 18.2 Å². The predicted octanol–water partition coefficient (Wildman–Crippen LogP) is 3.91. The van der Waals surface area contributed by atoms with Crippen molar-refractivity contribution in [2.75, 3.05) is 20.3 Å². The summed E-state index contributed by atoms with van der Waals surface area (Å²) in [6.45, 7) is 7.92. The van der Waals surface area contributed by atoms with Crippen molar-refractivity contribution < 1.29 is 14.2 Å². The van der Waals surface area contributed by atoms with Crippen molar-refractivity contribution >= 4 is 0 Å². The van der Waals surface area contributed by atoms with Crippen molar-refractivity contribution in [3.63, 3.8) is 0 Å².